The number of hydrogen-bond donors (Lipinski definition) is 1. The van der Waals surface area contributed by atoms with E-state index in [0.717, 1.165) is 29.1 Å². The molecule has 1 atom stereocenters. The maximum Gasteiger partial charge on any atom is 0.312 e. The minimum absolute atomic E-state index is 0.0824. The van der Waals surface area contributed by atoms with E-state index in [0.29, 0.717) is 11.6 Å². The largest absolute Gasteiger partial charge is 0.455 e. The van der Waals surface area contributed by atoms with Crippen LogP contribution < -0.4 is 5.32 Å². The Balaban J connectivity index is 1.67. The third kappa shape index (κ3) is 7.25. The summed E-state index contributed by atoms with van der Waals surface area (Å²) >= 11 is 3.12. The fourth-order valence-corrected chi connectivity index (χ4v) is 4.10. The predicted molar refractivity (Wildman–Crippen MR) is 106 cm³/mol. The van der Waals surface area contributed by atoms with Crippen LogP contribution in [0.4, 0.5) is 0 Å². The Hall–Kier alpha value is -1.73. The fourth-order valence-electron chi connectivity index (χ4n) is 2.47. The van der Waals surface area contributed by atoms with Crippen LogP contribution in [0, 0.1) is 5.92 Å². The molecule has 142 valence electrons. The van der Waals surface area contributed by atoms with Crippen molar-refractivity contribution in [1.29, 1.82) is 0 Å². The molecular formula is C19H26N2O3S2. The van der Waals surface area contributed by atoms with Crippen LogP contribution in [0.1, 0.15) is 45.7 Å². The fraction of sp³-hybridized carbons (Fsp3) is 0.526. The zero-order valence-electron chi connectivity index (χ0n) is 15.5. The van der Waals surface area contributed by atoms with Crippen LogP contribution in [0.5, 0.6) is 0 Å². The summed E-state index contributed by atoms with van der Waals surface area (Å²) < 4.78 is 5.07. The molecule has 1 amide bonds. The van der Waals surface area contributed by atoms with Gasteiger partial charge in [0, 0.05) is 11.4 Å². The number of carbonyl (C=O) groups excluding carboxylic acids is 2. The van der Waals surface area contributed by atoms with E-state index < -0.39 is 5.97 Å². The minimum atomic E-state index is -0.435. The number of esters is 1. The second-order valence-corrected chi connectivity index (χ2v) is 8.56. The van der Waals surface area contributed by atoms with E-state index in [1.165, 1.54) is 11.3 Å². The zero-order chi connectivity index (χ0) is 18.9. The number of thiazole rings is 1. The summed E-state index contributed by atoms with van der Waals surface area (Å²) in [5.41, 5.74) is 0.672. The molecule has 5 nitrogen and oxygen atoms in total. The Morgan fingerprint density at radius 1 is 1.23 bits per heavy atom. The normalized spacial score (nSPS) is 12.2. The van der Waals surface area contributed by atoms with Gasteiger partial charge in [0.1, 0.15) is 5.01 Å². The predicted octanol–water partition coefficient (Wildman–Crippen LogP) is 4.29. The number of carbonyl (C=O) groups is 2. The highest BCUT2D eigenvalue weighted by Gasteiger charge is 2.13. The summed E-state index contributed by atoms with van der Waals surface area (Å²) in [6, 6.07) is 4.06. The van der Waals surface area contributed by atoms with Gasteiger partial charge in [-0.2, -0.15) is 0 Å². The molecule has 0 spiro atoms. The molecule has 0 saturated heterocycles. The van der Waals surface area contributed by atoms with Crippen LogP contribution in [-0.2, 0) is 20.7 Å². The first-order chi connectivity index (χ1) is 12.4. The SMILES string of the molecule is CC(C)CCC[C@H](C)NC(=O)COC(=O)Cc1csc(-c2cccs2)n1. The molecule has 0 radical (unpaired) electrons. The molecule has 0 aliphatic heterocycles. The van der Waals surface area contributed by atoms with E-state index in [4.69, 9.17) is 4.74 Å². The number of amides is 1. The molecule has 0 aliphatic carbocycles. The first-order valence-electron chi connectivity index (χ1n) is 8.87. The second kappa shape index (κ2) is 10.4. The number of hydrogen-bond acceptors (Lipinski definition) is 6. The van der Waals surface area contributed by atoms with Gasteiger partial charge in [0.2, 0.25) is 0 Å². The molecule has 7 heteroatoms. The highest BCUT2D eigenvalue weighted by Crippen LogP contribution is 2.27. The first-order valence-corrected chi connectivity index (χ1v) is 10.6. The smallest absolute Gasteiger partial charge is 0.312 e. The third-order valence-electron chi connectivity index (χ3n) is 3.80. The van der Waals surface area contributed by atoms with Crippen molar-refractivity contribution in [3.8, 4) is 9.88 Å². The van der Waals surface area contributed by atoms with Crippen molar-refractivity contribution in [2.75, 3.05) is 6.61 Å². The number of thiophene rings is 1. The minimum Gasteiger partial charge on any atom is -0.455 e. The molecule has 2 heterocycles. The Morgan fingerprint density at radius 2 is 2.04 bits per heavy atom. The number of rotatable bonds is 10. The standard InChI is InChI=1S/C19H26N2O3S2/c1-13(2)6-4-7-14(3)20-17(22)11-24-18(23)10-15-12-26-19(21-15)16-8-5-9-25-16/h5,8-9,12-14H,4,6-7,10-11H2,1-3H3,(H,20,22)/t14-/m0/s1. The van der Waals surface area contributed by atoms with Gasteiger partial charge < -0.3 is 10.1 Å². The Bertz CT molecular complexity index is 695. The van der Waals surface area contributed by atoms with Gasteiger partial charge in [-0.15, -0.1) is 22.7 Å². The lowest BCUT2D eigenvalue weighted by Crippen LogP contribution is -2.36. The van der Waals surface area contributed by atoms with Gasteiger partial charge in [0.15, 0.2) is 6.61 Å². The summed E-state index contributed by atoms with van der Waals surface area (Å²) in [6.07, 6.45) is 3.24. The molecule has 0 unspecified atom stereocenters. The van der Waals surface area contributed by atoms with Gasteiger partial charge in [0.05, 0.1) is 17.0 Å². The van der Waals surface area contributed by atoms with E-state index >= 15 is 0 Å². The molecule has 0 fully saturated rings. The molecule has 2 rings (SSSR count). The van der Waals surface area contributed by atoms with Crippen LogP contribution in [0.2, 0.25) is 0 Å². The first kappa shape index (κ1) is 20.6. The van der Waals surface area contributed by atoms with Crippen molar-refractivity contribution in [3.05, 3.63) is 28.6 Å². The van der Waals surface area contributed by atoms with Gasteiger partial charge in [-0.05, 0) is 30.7 Å². The lowest BCUT2D eigenvalue weighted by molar-refractivity contribution is -0.148. The number of ether oxygens (including phenoxy) is 1. The Kier molecular flexibility index (Phi) is 8.25. The molecule has 1 N–H and O–H groups in total. The van der Waals surface area contributed by atoms with Crippen LogP contribution in [0.25, 0.3) is 9.88 Å². The summed E-state index contributed by atoms with van der Waals surface area (Å²) in [5, 5.41) is 7.61. The van der Waals surface area contributed by atoms with Gasteiger partial charge in [-0.3, -0.25) is 9.59 Å². The monoisotopic (exact) mass is 394 g/mol. The molecule has 2 aromatic rings. The van der Waals surface area contributed by atoms with Gasteiger partial charge in [-0.25, -0.2) is 4.98 Å². The maximum atomic E-state index is 11.9. The Labute approximate surface area is 162 Å². The highest BCUT2D eigenvalue weighted by molar-refractivity contribution is 7.20. The van der Waals surface area contributed by atoms with Crippen molar-refractivity contribution in [2.24, 2.45) is 5.92 Å². The van der Waals surface area contributed by atoms with E-state index in [2.05, 4.69) is 24.1 Å². The van der Waals surface area contributed by atoms with Crippen LogP contribution in [-0.4, -0.2) is 29.5 Å². The molecule has 0 bridgehead atoms. The summed E-state index contributed by atoms with van der Waals surface area (Å²) in [7, 11) is 0. The van der Waals surface area contributed by atoms with Crippen molar-refractivity contribution < 1.29 is 14.3 Å². The van der Waals surface area contributed by atoms with E-state index in [1.54, 1.807) is 11.3 Å². The lowest BCUT2D eigenvalue weighted by Gasteiger charge is -2.14. The summed E-state index contributed by atoms with van der Waals surface area (Å²) in [6.45, 7) is 6.11. The highest BCUT2D eigenvalue weighted by atomic mass is 32.1. The van der Waals surface area contributed by atoms with Crippen molar-refractivity contribution >= 4 is 34.6 Å². The molecule has 0 saturated carbocycles. The lowest BCUT2D eigenvalue weighted by atomic mass is 10.0. The van der Waals surface area contributed by atoms with Crippen LogP contribution in [0.15, 0.2) is 22.9 Å². The topological polar surface area (TPSA) is 68.3 Å². The Morgan fingerprint density at radius 3 is 2.73 bits per heavy atom. The van der Waals surface area contributed by atoms with E-state index in [1.807, 2.05) is 29.8 Å². The molecule has 2 aromatic heterocycles. The molecule has 0 aliphatic rings. The molecule has 26 heavy (non-hydrogen) atoms. The zero-order valence-corrected chi connectivity index (χ0v) is 17.1. The van der Waals surface area contributed by atoms with Crippen LogP contribution in [0.3, 0.4) is 0 Å². The van der Waals surface area contributed by atoms with Crippen molar-refractivity contribution in [2.45, 2.75) is 52.5 Å². The van der Waals surface area contributed by atoms with Crippen LogP contribution >= 0.6 is 22.7 Å². The average Bonchev–Trinajstić information content (AvgIpc) is 3.23. The quantitative estimate of drug-likeness (QED) is 0.611. The average molecular weight is 395 g/mol. The third-order valence-corrected chi connectivity index (χ3v) is 5.73. The summed E-state index contributed by atoms with van der Waals surface area (Å²) in [4.78, 5) is 29.3. The molecule has 0 aromatic carbocycles. The number of nitrogens with one attached hydrogen (secondary N) is 1. The van der Waals surface area contributed by atoms with Crippen molar-refractivity contribution in [3.63, 3.8) is 0 Å². The van der Waals surface area contributed by atoms with E-state index in [9.17, 15) is 9.59 Å². The molecular weight excluding hydrogens is 368 g/mol. The van der Waals surface area contributed by atoms with E-state index in [-0.39, 0.29) is 25.0 Å². The number of nitrogens with zero attached hydrogens (tertiary/aromatic N) is 1. The van der Waals surface area contributed by atoms with Gasteiger partial charge in [-0.1, -0.05) is 32.8 Å². The van der Waals surface area contributed by atoms with Gasteiger partial charge >= 0.3 is 5.97 Å². The van der Waals surface area contributed by atoms with Crippen molar-refractivity contribution in [1.82, 2.24) is 10.3 Å². The summed E-state index contributed by atoms with van der Waals surface area (Å²) in [5.74, 6) is -0.0199. The number of aromatic nitrogens is 1. The van der Waals surface area contributed by atoms with Gasteiger partial charge in [0.25, 0.3) is 5.91 Å². The maximum absolute atomic E-state index is 11.9. The second-order valence-electron chi connectivity index (χ2n) is 6.75.